The van der Waals surface area contributed by atoms with Crippen LogP contribution in [0.5, 0.6) is 11.8 Å². The maximum absolute atomic E-state index is 5.72. The summed E-state index contributed by atoms with van der Waals surface area (Å²) >= 11 is 0. The van der Waals surface area contributed by atoms with Crippen molar-refractivity contribution in [3.8, 4) is 23.6 Å². The fourth-order valence-corrected chi connectivity index (χ4v) is 3.16. The normalized spacial score (nSPS) is 13.5. The fraction of sp³-hybridized carbons (Fsp3) is 0.292. The Morgan fingerprint density at radius 3 is 2.40 bits per heavy atom. The zero-order valence-corrected chi connectivity index (χ0v) is 16.8. The van der Waals surface area contributed by atoms with Gasteiger partial charge in [-0.3, -0.25) is 4.90 Å². The van der Waals surface area contributed by atoms with Gasteiger partial charge in [0.2, 0.25) is 11.8 Å². The lowest BCUT2D eigenvalue weighted by Gasteiger charge is -2.14. The molecule has 3 aromatic rings. The van der Waals surface area contributed by atoms with Gasteiger partial charge >= 0.3 is 0 Å². The zero-order chi connectivity index (χ0) is 20.4. The summed E-state index contributed by atoms with van der Waals surface area (Å²) in [6.07, 6.45) is 4.29. The van der Waals surface area contributed by atoms with E-state index >= 15 is 0 Å². The van der Waals surface area contributed by atoms with E-state index in [1.54, 1.807) is 18.3 Å². The predicted molar refractivity (Wildman–Crippen MR) is 114 cm³/mol. The van der Waals surface area contributed by atoms with Gasteiger partial charge in [-0.1, -0.05) is 36.3 Å². The number of nitrogens with zero attached hydrogens (tertiary/aromatic N) is 4. The standard InChI is InChI=1S/C24H24N4O2/c1-2-6-21(7-3-1)19-30-24-13-11-22(26-27-24)10-8-20-9-12-23(25-18-20)29-17-16-28-14-4-5-15-28/h1-3,6-7,9,11-13,18H,4-5,14-17,19H2. The molecule has 0 N–H and O–H groups in total. The molecule has 0 aliphatic carbocycles. The van der Waals surface area contributed by atoms with Gasteiger partial charge in [-0.2, -0.15) is 0 Å². The second-order valence-corrected chi connectivity index (χ2v) is 7.06. The smallest absolute Gasteiger partial charge is 0.233 e. The molecule has 2 aromatic heterocycles. The minimum atomic E-state index is 0.457. The molecule has 30 heavy (non-hydrogen) atoms. The van der Waals surface area contributed by atoms with Crippen LogP contribution in [0.2, 0.25) is 0 Å². The number of ether oxygens (including phenoxy) is 2. The highest BCUT2D eigenvalue weighted by Crippen LogP contribution is 2.10. The van der Waals surface area contributed by atoms with Crippen molar-refractivity contribution in [3.05, 3.63) is 77.6 Å². The van der Waals surface area contributed by atoms with Gasteiger partial charge in [-0.05, 0) is 49.5 Å². The van der Waals surface area contributed by atoms with E-state index in [0.29, 0.717) is 30.7 Å². The summed E-state index contributed by atoms with van der Waals surface area (Å²) in [4.78, 5) is 6.74. The van der Waals surface area contributed by atoms with Gasteiger partial charge < -0.3 is 9.47 Å². The minimum Gasteiger partial charge on any atom is -0.476 e. The Bertz CT molecular complexity index is 974. The number of rotatable bonds is 7. The first-order valence-electron chi connectivity index (χ1n) is 10.2. The molecule has 0 atom stereocenters. The van der Waals surface area contributed by atoms with Gasteiger partial charge in [-0.15, -0.1) is 10.2 Å². The van der Waals surface area contributed by atoms with Crippen LogP contribution in [-0.2, 0) is 6.61 Å². The summed E-state index contributed by atoms with van der Waals surface area (Å²) in [6.45, 7) is 4.42. The van der Waals surface area contributed by atoms with E-state index in [0.717, 1.165) is 17.7 Å². The maximum Gasteiger partial charge on any atom is 0.233 e. The quantitative estimate of drug-likeness (QED) is 0.567. The van der Waals surface area contributed by atoms with Crippen molar-refractivity contribution in [2.45, 2.75) is 19.4 Å². The first kappa shape index (κ1) is 19.9. The van der Waals surface area contributed by atoms with Crippen LogP contribution >= 0.6 is 0 Å². The van der Waals surface area contributed by atoms with Crippen LogP contribution in [0.15, 0.2) is 60.8 Å². The SMILES string of the molecule is C(#Cc1ccc(OCc2ccccc2)nn1)c1ccc(OCCN2CCCC2)nc1. The van der Waals surface area contributed by atoms with Crippen molar-refractivity contribution in [1.82, 2.24) is 20.1 Å². The predicted octanol–water partition coefficient (Wildman–Crippen LogP) is 3.33. The van der Waals surface area contributed by atoms with Gasteiger partial charge in [0.1, 0.15) is 18.9 Å². The summed E-state index contributed by atoms with van der Waals surface area (Å²) in [5.41, 5.74) is 2.46. The molecule has 1 aliphatic heterocycles. The van der Waals surface area contributed by atoms with E-state index in [1.807, 2.05) is 42.5 Å². The molecule has 3 heterocycles. The first-order valence-corrected chi connectivity index (χ1v) is 10.2. The Hall–Kier alpha value is -3.43. The molecule has 6 nitrogen and oxygen atoms in total. The lowest BCUT2D eigenvalue weighted by molar-refractivity contribution is 0.232. The molecule has 0 bridgehead atoms. The number of pyridine rings is 1. The summed E-state index contributed by atoms with van der Waals surface area (Å²) in [6, 6.07) is 17.3. The number of hydrogen-bond acceptors (Lipinski definition) is 6. The molecule has 6 heteroatoms. The van der Waals surface area contributed by atoms with Gasteiger partial charge in [0.05, 0.1) is 0 Å². The number of aromatic nitrogens is 3. The third-order valence-corrected chi connectivity index (χ3v) is 4.80. The van der Waals surface area contributed by atoms with E-state index in [1.165, 1.54) is 25.9 Å². The highest BCUT2D eigenvalue weighted by molar-refractivity contribution is 5.39. The Morgan fingerprint density at radius 2 is 1.67 bits per heavy atom. The summed E-state index contributed by atoms with van der Waals surface area (Å²) in [7, 11) is 0. The van der Waals surface area contributed by atoms with Crippen LogP contribution < -0.4 is 9.47 Å². The van der Waals surface area contributed by atoms with Crippen LogP contribution in [0.4, 0.5) is 0 Å². The average Bonchev–Trinajstić information content (AvgIpc) is 3.32. The zero-order valence-electron chi connectivity index (χ0n) is 16.8. The highest BCUT2D eigenvalue weighted by atomic mass is 16.5. The monoisotopic (exact) mass is 400 g/mol. The Labute approximate surface area is 176 Å². The molecular weight excluding hydrogens is 376 g/mol. The number of benzene rings is 1. The maximum atomic E-state index is 5.72. The van der Waals surface area contributed by atoms with Crippen LogP contribution in [-0.4, -0.2) is 46.3 Å². The van der Waals surface area contributed by atoms with Gasteiger partial charge in [0.25, 0.3) is 0 Å². The van der Waals surface area contributed by atoms with Crippen molar-refractivity contribution in [3.63, 3.8) is 0 Å². The van der Waals surface area contributed by atoms with Gasteiger partial charge in [0.15, 0.2) is 0 Å². The van der Waals surface area contributed by atoms with Crippen molar-refractivity contribution in [2.24, 2.45) is 0 Å². The number of likely N-dealkylation sites (tertiary alicyclic amines) is 1. The molecule has 1 aromatic carbocycles. The molecule has 4 rings (SSSR count). The van der Waals surface area contributed by atoms with E-state index in [9.17, 15) is 0 Å². The lowest BCUT2D eigenvalue weighted by atomic mass is 10.2. The molecule has 0 unspecified atom stereocenters. The lowest BCUT2D eigenvalue weighted by Crippen LogP contribution is -2.25. The van der Waals surface area contributed by atoms with E-state index in [-0.39, 0.29) is 0 Å². The highest BCUT2D eigenvalue weighted by Gasteiger charge is 2.10. The topological polar surface area (TPSA) is 60.4 Å². The van der Waals surface area contributed by atoms with E-state index in [2.05, 4.69) is 31.9 Å². The van der Waals surface area contributed by atoms with Crippen LogP contribution in [0, 0.1) is 11.8 Å². The molecule has 1 fully saturated rings. The van der Waals surface area contributed by atoms with Crippen molar-refractivity contribution >= 4 is 0 Å². The molecule has 0 amide bonds. The molecular formula is C24H24N4O2. The molecule has 0 spiro atoms. The van der Waals surface area contributed by atoms with E-state index < -0.39 is 0 Å². The third-order valence-electron chi connectivity index (χ3n) is 4.80. The van der Waals surface area contributed by atoms with Crippen molar-refractivity contribution in [1.29, 1.82) is 0 Å². The summed E-state index contributed by atoms with van der Waals surface area (Å²) in [5, 5.41) is 8.18. The second kappa shape index (κ2) is 10.4. The molecule has 0 radical (unpaired) electrons. The van der Waals surface area contributed by atoms with Gasteiger partial charge in [-0.25, -0.2) is 4.98 Å². The minimum absolute atomic E-state index is 0.457. The molecule has 152 valence electrons. The largest absolute Gasteiger partial charge is 0.476 e. The number of hydrogen-bond donors (Lipinski definition) is 0. The van der Waals surface area contributed by atoms with Crippen LogP contribution in [0.1, 0.15) is 29.7 Å². The Kier molecular flexibility index (Phi) is 6.87. The molecule has 1 aliphatic rings. The van der Waals surface area contributed by atoms with Crippen LogP contribution in [0.25, 0.3) is 0 Å². The molecule has 0 saturated carbocycles. The van der Waals surface area contributed by atoms with Crippen molar-refractivity contribution in [2.75, 3.05) is 26.2 Å². The average molecular weight is 400 g/mol. The first-order chi connectivity index (χ1) is 14.8. The summed E-state index contributed by atoms with van der Waals surface area (Å²) in [5.74, 6) is 7.14. The van der Waals surface area contributed by atoms with Crippen molar-refractivity contribution < 1.29 is 9.47 Å². The van der Waals surface area contributed by atoms with Gasteiger partial charge in [0, 0.05) is 30.4 Å². The Morgan fingerprint density at radius 1 is 0.833 bits per heavy atom. The fourth-order valence-electron chi connectivity index (χ4n) is 3.16. The summed E-state index contributed by atoms with van der Waals surface area (Å²) < 4.78 is 11.4. The van der Waals surface area contributed by atoms with E-state index in [4.69, 9.17) is 9.47 Å². The Balaban J connectivity index is 1.25. The second-order valence-electron chi connectivity index (χ2n) is 7.06. The molecule has 1 saturated heterocycles. The third kappa shape index (κ3) is 6.03. The van der Waals surface area contributed by atoms with Crippen LogP contribution in [0.3, 0.4) is 0 Å².